The lowest BCUT2D eigenvalue weighted by molar-refractivity contribution is 0.0166. The lowest BCUT2D eigenvalue weighted by Gasteiger charge is -2.39. The highest BCUT2D eigenvalue weighted by molar-refractivity contribution is 5.93. The number of rotatable bonds is 3. The molecule has 0 atom stereocenters. The first-order chi connectivity index (χ1) is 10.1. The largest absolute Gasteiger partial charge is 0.486 e. The maximum absolute atomic E-state index is 12.3. The Balaban J connectivity index is 1.62. The molecule has 3 rings (SSSR count). The van der Waals surface area contributed by atoms with E-state index in [9.17, 15) is 4.79 Å². The van der Waals surface area contributed by atoms with Gasteiger partial charge in [0.15, 0.2) is 0 Å². The smallest absolute Gasteiger partial charge is 0.270 e. The molecule has 0 N–H and O–H groups in total. The van der Waals surface area contributed by atoms with Gasteiger partial charge in [0.25, 0.3) is 5.91 Å². The average Bonchev–Trinajstić information content (AvgIpc) is 2.81. The number of amides is 1. The number of benzene rings is 1. The number of hydrogen-bond donors (Lipinski definition) is 0. The van der Waals surface area contributed by atoms with Crippen LogP contribution in [0.1, 0.15) is 21.6 Å². The lowest BCUT2D eigenvalue weighted by Crippen LogP contribution is -2.56. The van der Waals surface area contributed by atoms with Gasteiger partial charge in [0.1, 0.15) is 17.5 Å². The minimum atomic E-state index is 0.0730. The molecule has 2 aromatic rings. The minimum absolute atomic E-state index is 0.0730. The molecule has 0 radical (unpaired) electrons. The summed E-state index contributed by atoms with van der Waals surface area (Å²) in [5.41, 5.74) is 3.00. The molecule has 110 valence electrons. The summed E-state index contributed by atoms with van der Waals surface area (Å²) >= 11 is 0. The van der Waals surface area contributed by atoms with Crippen molar-refractivity contribution >= 4 is 5.91 Å². The van der Waals surface area contributed by atoms with Crippen molar-refractivity contribution in [2.45, 2.75) is 20.0 Å². The van der Waals surface area contributed by atoms with Gasteiger partial charge >= 0.3 is 0 Å². The van der Waals surface area contributed by atoms with Crippen molar-refractivity contribution in [1.29, 1.82) is 0 Å². The summed E-state index contributed by atoms with van der Waals surface area (Å²) in [6, 6.07) is 9.87. The zero-order chi connectivity index (χ0) is 15.0. The zero-order valence-corrected chi connectivity index (χ0v) is 12.7. The van der Waals surface area contributed by atoms with E-state index in [0.29, 0.717) is 13.1 Å². The summed E-state index contributed by atoms with van der Waals surface area (Å²) in [5, 5.41) is 0. The van der Waals surface area contributed by atoms with Crippen LogP contribution in [0.15, 0.2) is 36.5 Å². The highest BCUT2D eigenvalue weighted by atomic mass is 16.5. The van der Waals surface area contributed by atoms with Gasteiger partial charge in [-0.15, -0.1) is 0 Å². The summed E-state index contributed by atoms with van der Waals surface area (Å²) in [7, 11) is 1.89. The van der Waals surface area contributed by atoms with Gasteiger partial charge in [-0.05, 0) is 37.1 Å². The molecule has 4 nitrogen and oxygen atoms in total. The molecule has 0 aliphatic carbocycles. The molecule has 1 aromatic carbocycles. The highest BCUT2D eigenvalue weighted by Crippen LogP contribution is 2.26. The Bertz CT molecular complexity index is 649. The normalized spacial score (nSPS) is 14.9. The Hall–Kier alpha value is -2.23. The molecule has 1 saturated heterocycles. The average molecular weight is 284 g/mol. The number of para-hydroxylation sites is 1. The van der Waals surface area contributed by atoms with Gasteiger partial charge in [-0.2, -0.15) is 0 Å². The van der Waals surface area contributed by atoms with Crippen molar-refractivity contribution in [1.82, 2.24) is 9.47 Å². The van der Waals surface area contributed by atoms with Gasteiger partial charge in [0.2, 0.25) is 0 Å². The lowest BCUT2D eigenvalue weighted by atomic mass is 10.1. The van der Waals surface area contributed by atoms with Crippen LogP contribution in [-0.2, 0) is 7.05 Å². The standard InChI is InChI=1S/C17H20N2O2/c1-12-6-4-7-13(2)16(12)21-14-10-19(11-14)17(20)15-8-5-9-18(15)3/h4-9,14H,10-11H2,1-3H3. The molecular weight excluding hydrogens is 264 g/mol. The number of hydrogen-bond acceptors (Lipinski definition) is 2. The molecule has 1 fully saturated rings. The SMILES string of the molecule is Cc1cccc(C)c1OC1CN(C(=O)c2cccn2C)C1. The second-order valence-electron chi connectivity index (χ2n) is 5.68. The van der Waals surface area contributed by atoms with Crippen LogP contribution in [-0.4, -0.2) is 34.6 Å². The molecule has 21 heavy (non-hydrogen) atoms. The van der Waals surface area contributed by atoms with E-state index in [1.807, 2.05) is 66.9 Å². The van der Waals surface area contributed by atoms with E-state index in [0.717, 1.165) is 22.6 Å². The number of carbonyl (C=O) groups excluding carboxylic acids is 1. The van der Waals surface area contributed by atoms with E-state index >= 15 is 0 Å². The van der Waals surface area contributed by atoms with Gasteiger partial charge in [-0.3, -0.25) is 4.79 Å². The number of ether oxygens (including phenoxy) is 1. The third-order valence-electron chi connectivity index (χ3n) is 3.99. The monoisotopic (exact) mass is 284 g/mol. The van der Waals surface area contributed by atoms with Crippen LogP contribution in [0, 0.1) is 13.8 Å². The van der Waals surface area contributed by atoms with E-state index in [1.54, 1.807) is 0 Å². The Morgan fingerprint density at radius 1 is 1.14 bits per heavy atom. The molecule has 0 bridgehead atoms. The summed E-state index contributed by atoms with van der Waals surface area (Å²) in [6.45, 7) is 5.40. The third-order valence-corrected chi connectivity index (χ3v) is 3.99. The van der Waals surface area contributed by atoms with Crippen LogP contribution >= 0.6 is 0 Å². The molecule has 4 heteroatoms. The number of aromatic nitrogens is 1. The topological polar surface area (TPSA) is 34.5 Å². The second kappa shape index (κ2) is 5.28. The third kappa shape index (κ3) is 2.53. The summed E-state index contributed by atoms with van der Waals surface area (Å²) in [6.07, 6.45) is 1.98. The van der Waals surface area contributed by atoms with E-state index in [4.69, 9.17) is 4.74 Å². The molecule has 1 aliphatic rings. The predicted molar refractivity (Wildman–Crippen MR) is 81.6 cm³/mol. The number of aryl methyl sites for hydroxylation is 3. The maximum atomic E-state index is 12.3. The van der Waals surface area contributed by atoms with Crippen molar-refractivity contribution in [2.24, 2.45) is 7.05 Å². The van der Waals surface area contributed by atoms with Gasteiger partial charge in [-0.25, -0.2) is 0 Å². The van der Waals surface area contributed by atoms with Gasteiger partial charge in [0, 0.05) is 13.2 Å². The van der Waals surface area contributed by atoms with Crippen molar-refractivity contribution in [3.63, 3.8) is 0 Å². The first-order valence-electron chi connectivity index (χ1n) is 7.19. The molecule has 0 spiro atoms. The number of nitrogens with zero attached hydrogens (tertiary/aromatic N) is 2. The van der Waals surface area contributed by atoms with E-state index in [-0.39, 0.29) is 12.0 Å². The summed E-state index contributed by atoms with van der Waals surface area (Å²) in [4.78, 5) is 14.1. The van der Waals surface area contributed by atoms with Crippen molar-refractivity contribution in [2.75, 3.05) is 13.1 Å². The molecule has 1 amide bonds. The number of carbonyl (C=O) groups is 1. The Kier molecular flexibility index (Phi) is 3.45. The molecular formula is C17H20N2O2. The maximum Gasteiger partial charge on any atom is 0.270 e. The molecule has 1 aromatic heterocycles. The van der Waals surface area contributed by atoms with Crippen molar-refractivity contribution in [3.8, 4) is 5.75 Å². The van der Waals surface area contributed by atoms with Crippen LogP contribution in [0.25, 0.3) is 0 Å². The van der Waals surface area contributed by atoms with Crippen molar-refractivity contribution in [3.05, 3.63) is 53.3 Å². The van der Waals surface area contributed by atoms with Crippen LogP contribution in [0.5, 0.6) is 5.75 Å². The molecule has 1 aliphatic heterocycles. The Labute approximate surface area is 124 Å². The Morgan fingerprint density at radius 3 is 2.38 bits per heavy atom. The quantitative estimate of drug-likeness (QED) is 0.868. The van der Waals surface area contributed by atoms with E-state index < -0.39 is 0 Å². The van der Waals surface area contributed by atoms with E-state index in [1.165, 1.54) is 0 Å². The minimum Gasteiger partial charge on any atom is -0.486 e. The van der Waals surface area contributed by atoms with Crippen LogP contribution < -0.4 is 4.74 Å². The van der Waals surface area contributed by atoms with Crippen LogP contribution in [0.4, 0.5) is 0 Å². The first kappa shape index (κ1) is 13.7. The second-order valence-corrected chi connectivity index (χ2v) is 5.68. The van der Waals surface area contributed by atoms with E-state index in [2.05, 4.69) is 0 Å². The Morgan fingerprint density at radius 2 is 1.81 bits per heavy atom. The molecule has 0 saturated carbocycles. The summed E-state index contributed by atoms with van der Waals surface area (Å²) in [5.74, 6) is 1.03. The zero-order valence-electron chi connectivity index (χ0n) is 12.7. The first-order valence-corrected chi connectivity index (χ1v) is 7.19. The molecule has 0 unspecified atom stereocenters. The fraction of sp³-hybridized carbons (Fsp3) is 0.353. The predicted octanol–water partition coefficient (Wildman–Crippen LogP) is 2.55. The van der Waals surface area contributed by atoms with Gasteiger partial charge in [-0.1, -0.05) is 18.2 Å². The number of likely N-dealkylation sites (tertiary alicyclic amines) is 1. The summed E-state index contributed by atoms with van der Waals surface area (Å²) < 4.78 is 7.89. The highest BCUT2D eigenvalue weighted by Gasteiger charge is 2.34. The fourth-order valence-electron chi connectivity index (χ4n) is 2.68. The van der Waals surface area contributed by atoms with Crippen LogP contribution in [0.2, 0.25) is 0 Å². The molecule has 2 heterocycles. The van der Waals surface area contributed by atoms with Crippen LogP contribution in [0.3, 0.4) is 0 Å². The van der Waals surface area contributed by atoms with Crippen molar-refractivity contribution < 1.29 is 9.53 Å². The van der Waals surface area contributed by atoms with Gasteiger partial charge in [0.05, 0.1) is 13.1 Å². The van der Waals surface area contributed by atoms with Gasteiger partial charge < -0.3 is 14.2 Å². The fourth-order valence-corrected chi connectivity index (χ4v) is 2.68.